The van der Waals surface area contributed by atoms with Crippen LogP contribution < -0.4 is 0 Å². The van der Waals surface area contributed by atoms with Gasteiger partial charge in [-0.25, -0.2) is 0 Å². The molecule has 0 N–H and O–H groups in total. The maximum atomic E-state index is 5.77. The molecular formula is C10H14Cl2Si. The number of aryl methyl sites for hydroxylation is 2. The van der Waals surface area contributed by atoms with Crippen molar-refractivity contribution in [2.24, 2.45) is 0 Å². The molecular weight excluding hydrogens is 219 g/mol. The lowest BCUT2D eigenvalue weighted by molar-refractivity contribution is 0.916. The summed E-state index contributed by atoms with van der Waals surface area (Å²) in [5.41, 5.74) is 2.69. The van der Waals surface area contributed by atoms with Gasteiger partial charge in [0.25, 0.3) is 0 Å². The zero-order valence-electron chi connectivity index (χ0n) is 7.76. The molecule has 0 aliphatic heterocycles. The minimum atomic E-state index is -1.38. The second-order valence-electron chi connectivity index (χ2n) is 3.27. The number of hydrogen-bond donors (Lipinski definition) is 0. The predicted octanol–water partition coefficient (Wildman–Crippen LogP) is 3.63. The van der Waals surface area contributed by atoms with Gasteiger partial charge in [0.2, 0.25) is 7.42 Å². The fourth-order valence-corrected chi connectivity index (χ4v) is 2.65. The van der Waals surface area contributed by atoms with Crippen LogP contribution in [0.2, 0.25) is 6.04 Å². The molecule has 0 radical (unpaired) electrons. The molecule has 0 bridgehead atoms. The van der Waals surface area contributed by atoms with Crippen LogP contribution in [0.4, 0.5) is 0 Å². The van der Waals surface area contributed by atoms with Gasteiger partial charge in [-0.15, -0.1) is 0 Å². The summed E-state index contributed by atoms with van der Waals surface area (Å²) in [6, 6.07) is 9.65. The molecule has 0 nitrogen and oxygen atoms in total. The number of benzene rings is 1. The van der Waals surface area contributed by atoms with E-state index in [0.717, 1.165) is 18.9 Å². The monoisotopic (exact) mass is 232 g/mol. The van der Waals surface area contributed by atoms with E-state index in [2.05, 4.69) is 31.2 Å². The Morgan fingerprint density at radius 3 is 2.31 bits per heavy atom. The lowest BCUT2D eigenvalue weighted by Crippen LogP contribution is -1.93. The van der Waals surface area contributed by atoms with Crippen molar-refractivity contribution in [1.29, 1.82) is 0 Å². The van der Waals surface area contributed by atoms with E-state index in [1.54, 1.807) is 0 Å². The minimum absolute atomic E-state index is 1.01. The molecule has 0 heterocycles. The van der Waals surface area contributed by atoms with Crippen LogP contribution in [-0.4, -0.2) is 7.42 Å². The van der Waals surface area contributed by atoms with Gasteiger partial charge in [0, 0.05) is 0 Å². The van der Waals surface area contributed by atoms with Gasteiger partial charge in [-0.05, 0) is 31.4 Å². The smallest absolute Gasteiger partial charge is 0.150 e. The molecule has 0 fully saturated rings. The van der Waals surface area contributed by atoms with Crippen molar-refractivity contribution >= 4 is 29.6 Å². The Morgan fingerprint density at radius 1 is 1.15 bits per heavy atom. The second kappa shape index (κ2) is 5.69. The standard InChI is InChI=1S/C10H14Cl2Si/c1-9-4-6-10(7-5-9)3-2-8-13(11)12/h4-7,13H,2-3,8H2,1H3. The third-order valence-electron chi connectivity index (χ3n) is 2.01. The fraction of sp³-hybridized carbons (Fsp3) is 0.400. The van der Waals surface area contributed by atoms with Crippen LogP contribution in [-0.2, 0) is 6.42 Å². The van der Waals surface area contributed by atoms with Crippen molar-refractivity contribution < 1.29 is 0 Å². The molecule has 0 spiro atoms. The highest BCUT2D eigenvalue weighted by molar-refractivity contribution is 7.33. The quantitative estimate of drug-likeness (QED) is 0.550. The van der Waals surface area contributed by atoms with E-state index in [0.29, 0.717) is 0 Å². The van der Waals surface area contributed by atoms with Crippen LogP contribution >= 0.6 is 22.2 Å². The lowest BCUT2D eigenvalue weighted by atomic mass is 10.1. The van der Waals surface area contributed by atoms with Gasteiger partial charge >= 0.3 is 0 Å². The Kier molecular flexibility index (Phi) is 4.85. The van der Waals surface area contributed by atoms with Crippen LogP contribution in [0.15, 0.2) is 24.3 Å². The van der Waals surface area contributed by atoms with E-state index < -0.39 is 7.42 Å². The Hall–Kier alpha value is 0.0169. The Labute approximate surface area is 90.9 Å². The van der Waals surface area contributed by atoms with Gasteiger partial charge in [0.05, 0.1) is 0 Å². The summed E-state index contributed by atoms with van der Waals surface area (Å²) in [4.78, 5) is 0. The highest BCUT2D eigenvalue weighted by Crippen LogP contribution is 2.11. The molecule has 0 aliphatic rings. The van der Waals surface area contributed by atoms with E-state index in [1.165, 1.54) is 11.1 Å². The van der Waals surface area contributed by atoms with E-state index >= 15 is 0 Å². The molecule has 1 rings (SSSR count). The van der Waals surface area contributed by atoms with Crippen LogP contribution in [0.1, 0.15) is 17.5 Å². The van der Waals surface area contributed by atoms with Crippen molar-refractivity contribution in [1.82, 2.24) is 0 Å². The summed E-state index contributed by atoms with van der Waals surface area (Å²) in [5, 5.41) is 0. The molecule has 0 aliphatic carbocycles. The molecule has 72 valence electrons. The van der Waals surface area contributed by atoms with Crippen molar-refractivity contribution in [3.05, 3.63) is 35.4 Å². The highest BCUT2D eigenvalue weighted by atomic mass is 35.7. The van der Waals surface area contributed by atoms with E-state index in [-0.39, 0.29) is 0 Å². The summed E-state index contributed by atoms with van der Waals surface area (Å²) in [5.74, 6) is 0. The molecule has 0 atom stereocenters. The average Bonchev–Trinajstić information content (AvgIpc) is 2.08. The van der Waals surface area contributed by atoms with Gasteiger partial charge in [-0.3, -0.25) is 0 Å². The number of rotatable bonds is 4. The Morgan fingerprint density at radius 2 is 1.77 bits per heavy atom. The second-order valence-corrected chi connectivity index (χ2v) is 8.46. The van der Waals surface area contributed by atoms with Crippen molar-refractivity contribution in [2.45, 2.75) is 25.8 Å². The summed E-state index contributed by atoms with van der Waals surface area (Å²) in [7, 11) is -1.38. The normalized spacial score (nSPS) is 10.8. The van der Waals surface area contributed by atoms with Crippen LogP contribution in [0.5, 0.6) is 0 Å². The zero-order valence-corrected chi connectivity index (χ0v) is 10.4. The summed E-state index contributed by atoms with van der Waals surface area (Å²) >= 11 is 11.5. The summed E-state index contributed by atoms with van der Waals surface area (Å²) in [6.45, 7) is 2.10. The van der Waals surface area contributed by atoms with Gasteiger partial charge in [0.15, 0.2) is 0 Å². The average molecular weight is 233 g/mol. The zero-order chi connectivity index (χ0) is 9.68. The van der Waals surface area contributed by atoms with E-state index in [1.807, 2.05) is 0 Å². The maximum absolute atomic E-state index is 5.77. The first kappa shape index (κ1) is 11.1. The Balaban J connectivity index is 2.33. The molecule has 3 heteroatoms. The fourth-order valence-electron chi connectivity index (χ4n) is 1.22. The van der Waals surface area contributed by atoms with Gasteiger partial charge in [-0.2, -0.15) is 22.2 Å². The van der Waals surface area contributed by atoms with Crippen molar-refractivity contribution in [3.63, 3.8) is 0 Å². The lowest BCUT2D eigenvalue weighted by Gasteiger charge is -2.01. The summed E-state index contributed by atoms with van der Waals surface area (Å²) in [6.07, 6.45) is 2.22. The minimum Gasteiger partial charge on any atom is -0.150 e. The predicted molar refractivity (Wildman–Crippen MR) is 63.2 cm³/mol. The molecule has 0 saturated carbocycles. The first-order valence-corrected chi connectivity index (χ1v) is 8.83. The first-order valence-electron chi connectivity index (χ1n) is 4.52. The van der Waals surface area contributed by atoms with Crippen LogP contribution in [0, 0.1) is 6.92 Å². The topological polar surface area (TPSA) is 0 Å². The van der Waals surface area contributed by atoms with Gasteiger partial charge < -0.3 is 0 Å². The molecule has 0 saturated heterocycles. The third kappa shape index (κ3) is 4.70. The molecule has 0 amide bonds. The van der Waals surface area contributed by atoms with Crippen LogP contribution in [0.25, 0.3) is 0 Å². The van der Waals surface area contributed by atoms with Crippen LogP contribution in [0.3, 0.4) is 0 Å². The van der Waals surface area contributed by atoms with Gasteiger partial charge in [0.1, 0.15) is 0 Å². The van der Waals surface area contributed by atoms with Crippen molar-refractivity contribution in [3.8, 4) is 0 Å². The SMILES string of the molecule is Cc1ccc(CCC[SiH](Cl)Cl)cc1. The maximum Gasteiger partial charge on any atom is 0.237 e. The largest absolute Gasteiger partial charge is 0.237 e. The first-order chi connectivity index (χ1) is 6.18. The van der Waals surface area contributed by atoms with Gasteiger partial charge in [-0.1, -0.05) is 29.8 Å². The summed E-state index contributed by atoms with van der Waals surface area (Å²) < 4.78 is 0. The molecule has 1 aromatic carbocycles. The molecule has 0 aromatic heterocycles. The number of hydrogen-bond acceptors (Lipinski definition) is 0. The van der Waals surface area contributed by atoms with E-state index in [9.17, 15) is 0 Å². The third-order valence-corrected chi connectivity index (χ3v) is 4.16. The number of halogens is 2. The molecule has 13 heavy (non-hydrogen) atoms. The molecule has 0 unspecified atom stereocenters. The molecule has 1 aromatic rings. The van der Waals surface area contributed by atoms with E-state index in [4.69, 9.17) is 22.2 Å². The highest BCUT2D eigenvalue weighted by Gasteiger charge is 2.01. The van der Waals surface area contributed by atoms with Crippen molar-refractivity contribution in [2.75, 3.05) is 0 Å². The Bertz CT molecular complexity index is 244.